The van der Waals surface area contributed by atoms with Crippen LogP contribution in [0.3, 0.4) is 0 Å². The van der Waals surface area contributed by atoms with Gasteiger partial charge in [0, 0.05) is 17.3 Å². The van der Waals surface area contributed by atoms with Gasteiger partial charge in [0.15, 0.2) is 5.16 Å². The first-order valence-corrected chi connectivity index (χ1v) is 11.9. The van der Waals surface area contributed by atoms with Gasteiger partial charge in [0.25, 0.3) is 5.56 Å². The standard InChI is InChI=1S/C20H25N5OS2/c1-4-25-17(12-6-7-12)23-24-20(25)27-11(3)16-21-18(26)15-13-8-5-10(2)9-14(13)28-19(15)22-16/h10-12H,4-9H2,1-3H3,(H,21,22,26)/t10-,11+/m1/s1. The third kappa shape index (κ3) is 3.10. The highest BCUT2D eigenvalue weighted by atomic mass is 32.2. The number of thioether (sulfide) groups is 1. The van der Waals surface area contributed by atoms with Crippen LogP contribution in [0.4, 0.5) is 0 Å². The molecule has 5 rings (SSSR count). The highest BCUT2D eigenvalue weighted by molar-refractivity contribution is 7.99. The van der Waals surface area contributed by atoms with Gasteiger partial charge in [-0.15, -0.1) is 21.5 Å². The van der Waals surface area contributed by atoms with Crippen molar-refractivity contribution in [2.75, 3.05) is 0 Å². The molecule has 1 fully saturated rings. The van der Waals surface area contributed by atoms with E-state index in [0.717, 1.165) is 52.8 Å². The van der Waals surface area contributed by atoms with Crippen LogP contribution in [0.1, 0.15) is 73.3 Å². The van der Waals surface area contributed by atoms with Crippen molar-refractivity contribution in [2.24, 2.45) is 5.92 Å². The quantitative estimate of drug-likeness (QED) is 0.623. The molecule has 2 atom stereocenters. The Kier molecular flexibility index (Phi) is 4.58. The van der Waals surface area contributed by atoms with Gasteiger partial charge in [0.05, 0.1) is 10.6 Å². The predicted molar refractivity (Wildman–Crippen MR) is 113 cm³/mol. The molecule has 0 aliphatic heterocycles. The summed E-state index contributed by atoms with van der Waals surface area (Å²) in [5.74, 6) is 3.10. The van der Waals surface area contributed by atoms with Crippen molar-refractivity contribution in [3.8, 4) is 0 Å². The minimum atomic E-state index is 0.00938. The lowest BCUT2D eigenvalue weighted by atomic mass is 9.89. The monoisotopic (exact) mass is 415 g/mol. The van der Waals surface area contributed by atoms with Crippen molar-refractivity contribution >= 4 is 33.3 Å². The zero-order chi connectivity index (χ0) is 19.4. The Labute approximate surface area is 172 Å². The number of hydrogen-bond donors (Lipinski definition) is 1. The maximum Gasteiger partial charge on any atom is 0.259 e. The van der Waals surface area contributed by atoms with Crippen LogP contribution >= 0.6 is 23.1 Å². The number of aryl methyl sites for hydroxylation is 1. The van der Waals surface area contributed by atoms with Crippen molar-refractivity contribution in [2.45, 2.75) is 75.7 Å². The molecule has 3 aromatic heterocycles. The van der Waals surface area contributed by atoms with Crippen LogP contribution in [0.2, 0.25) is 0 Å². The summed E-state index contributed by atoms with van der Waals surface area (Å²) in [4.78, 5) is 23.0. The Morgan fingerprint density at radius 1 is 1.32 bits per heavy atom. The van der Waals surface area contributed by atoms with Crippen LogP contribution in [0.15, 0.2) is 9.95 Å². The average Bonchev–Trinajstić information content (AvgIpc) is 3.33. The minimum Gasteiger partial charge on any atom is -0.309 e. The lowest BCUT2D eigenvalue weighted by Crippen LogP contribution is -2.15. The zero-order valence-corrected chi connectivity index (χ0v) is 18.1. The molecule has 3 heterocycles. The van der Waals surface area contributed by atoms with E-state index in [2.05, 4.69) is 40.5 Å². The van der Waals surface area contributed by atoms with E-state index in [-0.39, 0.29) is 10.8 Å². The SMILES string of the molecule is CCn1c(S[C@@H](C)c2nc3sc4c(c3c(=O)[nH]2)CC[C@@H](C)C4)nnc1C1CC1. The highest BCUT2D eigenvalue weighted by Crippen LogP contribution is 2.42. The molecule has 0 radical (unpaired) electrons. The van der Waals surface area contributed by atoms with Gasteiger partial charge in [-0.05, 0) is 57.4 Å². The predicted octanol–water partition coefficient (Wildman–Crippen LogP) is 4.45. The van der Waals surface area contributed by atoms with Gasteiger partial charge in [0.2, 0.25) is 0 Å². The average molecular weight is 416 g/mol. The highest BCUT2D eigenvalue weighted by Gasteiger charge is 2.31. The van der Waals surface area contributed by atoms with Crippen molar-refractivity contribution in [1.82, 2.24) is 24.7 Å². The molecule has 0 amide bonds. The van der Waals surface area contributed by atoms with E-state index in [1.54, 1.807) is 23.1 Å². The fourth-order valence-corrected chi connectivity index (χ4v) is 6.47. The van der Waals surface area contributed by atoms with Crippen molar-refractivity contribution in [1.29, 1.82) is 0 Å². The topological polar surface area (TPSA) is 76.5 Å². The molecule has 0 aromatic carbocycles. The van der Waals surface area contributed by atoms with Crippen LogP contribution in [0.5, 0.6) is 0 Å². The molecule has 28 heavy (non-hydrogen) atoms. The number of thiophene rings is 1. The lowest BCUT2D eigenvalue weighted by molar-refractivity contribution is 0.509. The van der Waals surface area contributed by atoms with Gasteiger partial charge in [-0.3, -0.25) is 4.79 Å². The van der Waals surface area contributed by atoms with Gasteiger partial charge in [0.1, 0.15) is 16.5 Å². The number of rotatable bonds is 5. The van der Waals surface area contributed by atoms with E-state index < -0.39 is 0 Å². The molecule has 2 aliphatic carbocycles. The summed E-state index contributed by atoms with van der Waals surface area (Å²) in [5, 5.41) is 10.6. The Balaban J connectivity index is 1.47. The smallest absolute Gasteiger partial charge is 0.259 e. The van der Waals surface area contributed by atoms with E-state index >= 15 is 0 Å². The normalized spacial score (nSPS) is 20.5. The summed E-state index contributed by atoms with van der Waals surface area (Å²) in [6.07, 6.45) is 5.65. The summed E-state index contributed by atoms with van der Waals surface area (Å²) in [7, 11) is 0. The van der Waals surface area contributed by atoms with Crippen LogP contribution in [0.25, 0.3) is 10.2 Å². The number of nitrogens with one attached hydrogen (secondary N) is 1. The van der Waals surface area contributed by atoms with Crippen LogP contribution in [0, 0.1) is 5.92 Å². The zero-order valence-electron chi connectivity index (χ0n) is 16.5. The first-order chi connectivity index (χ1) is 13.5. The summed E-state index contributed by atoms with van der Waals surface area (Å²) in [6.45, 7) is 7.37. The molecule has 148 valence electrons. The first-order valence-electron chi connectivity index (χ1n) is 10.2. The summed E-state index contributed by atoms with van der Waals surface area (Å²) < 4.78 is 2.21. The molecular weight excluding hydrogens is 390 g/mol. The maximum atomic E-state index is 12.9. The molecule has 6 nitrogen and oxygen atoms in total. The van der Waals surface area contributed by atoms with Crippen molar-refractivity contribution in [3.05, 3.63) is 32.4 Å². The van der Waals surface area contributed by atoms with Gasteiger partial charge in [-0.25, -0.2) is 4.98 Å². The minimum absolute atomic E-state index is 0.00938. The second-order valence-corrected chi connectivity index (χ2v) is 10.5. The maximum absolute atomic E-state index is 12.9. The Hall–Kier alpha value is -1.67. The molecule has 3 aromatic rings. The van der Waals surface area contributed by atoms with Crippen LogP contribution in [-0.2, 0) is 19.4 Å². The molecule has 0 bridgehead atoms. The summed E-state index contributed by atoms with van der Waals surface area (Å²) in [5.41, 5.74) is 1.24. The van der Waals surface area contributed by atoms with Gasteiger partial charge in [-0.2, -0.15) is 0 Å². The molecule has 0 unspecified atom stereocenters. The van der Waals surface area contributed by atoms with E-state index in [1.165, 1.54) is 23.3 Å². The number of nitrogens with zero attached hydrogens (tertiary/aromatic N) is 4. The number of hydrogen-bond acceptors (Lipinski definition) is 6. The number of H-pyrrole nitrogens is 1. The second kappa shape index (κ2) is 6.99. The molecular formula is C20H25N5OS2. The summed E-state index contributed by atoms with van der Waals surface area (Å²) in [6, 6.07) is 0. The number of aromatic nitrogens is 5. The Bertz CT molecular complexity index is 1090. The molecule has 8 heteroatoms. The van der Waals surface area contributed by atoms with Gasteiger partial charge in [-0.1, -0.05) is 18.7 Å². The third-order valence-corrected chi connectivity index (χ3v) is 8.09. The number of aromatic amines is 1. The fraction of sp³-hybridized carbons (Fsp3) is 0.600. The lowest BCUT2D eigenvalue weighted by Gasteiger charge is -2.17. The third-order valence-electron chi connectivity index (χ3n) is 5.86. The molecule has 2 aliphatic rings. The van der Waals surface area contributed by atoms with Crippen molar-refractivity contribution in [3.63, 3.8) is 0 Å². The first kappa shape index (κ1) is 18.4. The summed E-state index contributed by atoms with van der Waals surface area (Å²) >= 11 is 3.33. The van der Waals surface area contributed by atoms with E-state index in [1.807, 2.05) is 0 Å². The van der Waals surface area contributed by atoms with Gasteiger partial charge < -0.3 is 9.55 Å². The van der Waals surface area contributed by atoms with Crippen LogP contribution in [-0.4, -0.2) is 24.7 Å². The fourth-order valence-electron chi connectivity index (χ4n) is 4.10. The second-order valence-electron chi connectivity index (χ2n) is 8.10. The molecule has 1 N–H and O–H groups in total. The Morgan fingerprint density at radius 2 is 2.14 bits per heavy atom. The largest absolute Gasteiger partial charge is 0.309 e. The Morgan fingerprint density at radius 3 is 2.89 bits per heavy atom. The molecule has 0 saturated heterocycles. The number of fused-ring (bicyclic) bond motifs is 3. The van der Waals surface area contributed by atoms with Crippen molar-refractivity contribution < 1.29 is 0 Å². The molecule has 1 saturated carbocycles. The van der Waals surface area contributed by atoms with Gasteiger partial charge >= 0.3 is 0 Å². The molecule has 0 spiro atoms. The van der Waals surface area contributed by atoms with E-state index in [4.69, 9.17) is 4.98 Å². The van der Waals surface area contributed by atoms with E-state index in [9.17, 15) is 4.79 Å². The van der Waals surface area contributed by atoms with Crippen LogP contribution < -0.4 is 5.56 Å². The van der Waals surface area contributed by atoms with E-state index in [0.29, 0.717) is 11.8 Å².